The van der Waals surface area contributed by atoms with E-state index in [0.29, 0.717) is 6.54 Å². The lowest BCUT2D eigenvalue weighted by atomic mass is 10.1. The average molecular weight is 173 g/mol. The van der Waals surface area contributed by atoms with E-state index in [-0.39, 0.29) is 6.10 Å². The van der Waals surface area contributed by atoms with Crippen LogP contribution in [0.3, 0.4) is 0 Å². The zero-order valence-corrected chi connectivity index (χ0v) is 7.23. The lowest BCUT2D eigenvalue weighted by Crippen LogP contribution is -2.46. The molecule has 0 aromatic carbocycles. The minimum absolute atomic E-state index is 0.347. The van der Waals surface area contributed by atoms with Gasteiger partial charge in [0.15, 0.2) is 0 Å². The average Bonchev–Trinajstić information content (AvgIpc) is 2.03. The quantitative estimate of drug-likeness (QED) is 0.613. The van der Waals surface area contributed by atoms with E-state index in [4.69, 9.17) is 5.11 Å². The van der Waals surface area contributed by atoms with Crippen LogP contribution in [0.25, 0.3) is 0 Å². The van der Waals surface area contributed by atoms with Crippen LogP contribution in [0.15, 0.2) is 0 Å². The van der Waals surface area contributed by atoms with E-state index in [1.807, 2.05) is 0 Å². The minimum atomic E-state index is -0.816. The van der Waals surface area contributed by atoms with Gasteiger partial charge < -0.3 is 10.2 Å². The molecular weight excluding hydrogens is 158 g/mol. The molecule has 0 spiro atoms. The molecular formula is C8H15NO3. The number of hydrogen-bond donors (Lipinski definition) is 2. The predicted molar refractivity (Wildman–Crippen MR) is 43.9 cm³/mol. The van der Waals surface area contributed by atoms with Gasteiger partial charge in [0.2, 0.25) is 0 Å². The van der Waals surface area contributed by atoms with Gasteiger partial charge in [0.05, 0.1) is 6.10 Å². The van der Waals surface area contributed by atoms with Gasteiger partial charge in [0, 0.05) is 6.54 Å². The Morgan fingerprint density at radius 2 is 2.33 bits per heavy atom. The second-order valence-electron chi connectivity index (χ2n) is 3.31. The van der Waals surface area contributed by atoms with Gasteiger partial charge in [-0.2, -0.15) is 0 Å². The largest absolute Gasteiger partial charge is 0.480 e. The summed E-state index contributed by atoms with van der Waals surface area (Å²) in [5.74, 6) is -0.816. The molecule has 0 unspecified atom stereocenters. The molecule has 1 aliphatic heterocycles. The molecule has 70 valence electrons. The number of carbonyl (C=O) groups is 1. The van der Waals surface area contributed by atoms with Gasteiger partial charge in [-0.3, -0.25) is 9.69 Å². The Kier molecular flexibility index (Phi) is 3.05. The Labute approximate surface area is 71.8 Å². The number of aliphatic hydroxyl groups is 1. The van der Waals surface area contributed by atoms with Crippen LogP contribution in [0, 0.1) is 0 Å². The molecule has 0 aliphatic carbocycles. The Balaban J connectivity index is 2.45. The number of hydrogen-bond acceptors (Lipinski definition) is 3. The number of piperidine rings is 1. The Hall–Kier alpha value is -0.610. The second kappa shape index (κ2) is 3.87. The number of carboxylic acids is 1. The third-order valence-corrected chi connectivity index (χ3v) is 2.33. The summed E-state index contributed by atoms with van der Waals surface area (Å²) in [6.07, 6.45) is 1.34. The highest BCUT2D eigenvalue weighted by Gasteiger charge is 2.25. The number of aliphatic carboxylic acids is 1. The smallest absolute Gasteiger partial charge is 0.320 e. The molecule has 0 saturated carbocycles. The number of rotatable bonds is 2. The minimum Gasteiger partial charge on any atom is -0.480 e. The number of β-amino-alcohol motifs (C(OH)–C–C–N with tert-alkyl or cyclic N) is 1. The highest BCUT2D eigenvalue weighted by Crippen LogP contribution is 2.12. The first-order valence-corrected chi connectivity index (χ1v) is 4.26. The van der Waals surface area contributed by atoms with Crippen molar-refractivity contribution in [2.24, 2.45) is 0 Å². The maximum absolute atomic E-state index is 10.6. The van der Waals surface area contributed by atoms with E-state index in [1.165, 1.54) is 0 Å². The van der Waals surface area contributed by atoms with Crippen LogP contribution >= 0.6 is 0 Å². The lowest BCUT2D eigenvalue weighted by Gasteiger charge is -2.32. The van der Waals surface area contributed by atoms with E-state index in [9.17, 15) is 9.90 Å². The van der Waals surface area contributed by atoms with E-state index in [0.717, 1.165) is 19.4 Å². The number of nitrogens with zero attached hydrogens (tertiary/aromatic N) is 1. The zero-order chi connectivity index (χ0) is 9.14. The van der Waals surface area contributed by atoms with Gasteiger partial charge in [-0.1, -0.05) is 0 Å². The third kappa shape index (κ3) is 2.19. The fourth-order valence-corrected chi connectivity index (χ4v) is 1.49. The molecule has 1 rings (SSSR count). The first-order valence-electron chi connectivity index (χ1n) is 4.26. The summed E-state index contributed by atoms with van der Waals surface area (Å²) in [6.45, 7) is 2.93. The summed E-state index contributed by atoms with van der Waals surface area (Å²) in [5.41, 5.74) is 0. The van der Waals surface area contributed by atoms with Crippen LogP contribution in [0.1, 0.15) is 19.8 Å². The topological polar surface area (TPSA) is 60.8 Å². The molecule has 0 bridgehead atoms. The number of aliphatic hydroxyl groups excluding tert-OH is 1. The maximum atomic E-state index is 10.6. The third-order valence-electron chi connectivity index (χ3n) is 2.33. The number of likely N-dealkylation sites (tertiary alicyclic amines) is 1. The first kappa shape index (κ1) is 9.48. The van der Waals surface area contributed by atoms with Crippen molar-refractivity contribution in [3.8, 4) is 0 Å². The van der Waals surface area contributed by atoms with Crippen molar-refractivity contribution in [3.63, 3.8) is 0 Å². The molecule has 12 heavy (non-hydrogen) atoms. The van der Waals surface area contributed by atoms with Gasteiger partial charge in [0.1, 0.15) is 6.04 Å². The molecule has 2 atom stereocenters. The fourth-order valence-electron chi connectivity index (χ4n) is 1.49. The van der Waals surface area contributed by atoms with Gasteiger partial charge >= 0.3 is 5.97 Å². The summed E-state index contributed by atoms with van der Waals surface area (Å²) in [4.78, 5) is 12.4. The standard InChI is InChI=1S/C8H15NO3/c1-6(8(11)12)9-4-2-3-7(10)5-9/h6-7,10H,2-5H2,1H3,(H,11,12)/t6-,7+/m0/s1. The molecule has 2 N–H and O–H groups in total. The molecule has 0 amide bonds. The van der Waals surface area contributed by atoms with Crippen molar-refractivity contribution in [1.29, 1.82) is 0 Å². The fraction of sp³-hybridized carbons (Fsp3) is 0.875. The lowest BCUT2D eigenvalue weighted by molar-refractivity contribution is -0.143. The van der Waals surface area contributed by atoms with Crippen LogP contribution in [-0.4, -0.2) is 46.3 Å². The zero-order valence-electron chi connectivity index (χ0n) is 7.23. The van der Waals surface area contributed by atoms with Crippen molar-refractivity contribution >= 4 is 5.97 Å². The summed E-state index contributed by atoms with van der Waals surface area (Å²) in [6, 6.07) is -0.472. The van der Waals surface area contributed by atoms with Crippen LogP contribution in [0.2, 0.25) is 0 Å². The molecule has 1 heterocycles. The van der Waals surface area contributed by atoms with Crippen molar-refractivity contribution in [2.45, 2.75) is 31.9 Å². The highest BCUT2D eigenvalue weighted by molar-refractivity contribution is 5.72. The Morgan fingerprint density at radius 1 is 1.67 bits per heavy atom. The maximum Gasteiger partial charge on any atom is 0.320 e. The monoisotopic (exact) mass is 173 g/mol. The molecule has 1 aliphatic rings. The summed E-state index contributed by atoms with van der Waals surface area (Å²) in [7, 11) is 0. The van der Waals surface area contributed by atoms with E-state index in [1.54, 1.807) is 11.8 Å². The highest BCUT2D eigenvalue weighted by atomic mass is 16.4. The SMILES string of the molecule is C[C@@H](C(=O)O)N1CCC[C@@H](O)C1. The predicted octanol–water partition coefficient (Wildman–Crippen LogP) is -0.0838. The normalized spacial score (nSPS) is 28.3. The molecule has 0 radical (unpaired) electrons. The van der Waals surface area contributed by atoms with Gasteiger partial charge in [-0.05, 0) is 26.3 Å². The second-order valence-corrected chi connectivity index (χ2v) is 3.31. The van der Waals surface area contributed by atoms with Crippen molar-refractivity contribution in [2.75, 3.05) is 13.1 Å². The molecule has 4 nitrogen and oxygen atoms in total. The van der Waals surface area contributed by atoms with E-state index < -0.39 is 12.0 Å². The van der Waals surface area contributed by atoms with Crippen molar-refractivity contribution in [1.82, 2.24) is 4.90 Å². The summed E-state index contributed by atoms with van der Waals surface area (Å²) in [5, 5.41) is 18.0. The summed E-state index contributed by atoms with van der Waals surface area (Å²) < 4.78 is 0. The van der Waals surface area contributed by atoms with Crippen LogP contribution < -0.4 is 0 Å². The molecule has 0 aromatic heterocycles. The molecule has 4 heteroatoms. The van der Waals surface area contributed by atoms with Gasteiger partial charge in [-0.25, -0.2) is 0 Å². The van der Waals surface area contributed by atoms with Crippen LogP contribution in [0.4, 0.5) is 0 Å². The van der Waals surface area contributed by atoms with E-state index >= 15 is 0 Å². The van der Waals surface area contributed by atoms with Crippen LogP contribution in [0.5, 0.6) is 0 Å². The van der Waals surface area contributed by atoms with E-state index in [2.05, 4.69) is 0 Å². The Morgan fingerprint density at radius 3 is 2.83 bits per heavy atom. The van der Waals surface area contributed by atoms with Gasteiger partial charge in [-0.15, -0.1) is 0 Å². The molecule has 1 saturated heterocycles. The summed E-state index contributed by atoms with van der Waals surface area (Å²) >= 11 is 0. The number of carboxylic acid groups (broad SMARTS) is 1. The van der Waals surface area contributed by atoms with Crippen LogP contribution in [-0.2, 0) is 4.79 Å². The Bertz CT molecular complexity index is 172. The van der Waals surface area contributed by atoms with Crippen molar-refractivity contribution < 1.29 is 15.0 Å². The van der Waals surface area contributed by atoms with Gasteiger partial charge in [0.25, 0.3) is 0 Å². The first-order chi connectivity index (χ1) is 5.61. The molecule has 1 fully saturated rings. The van der Waals surface area contributed by atoms with Crippen molar-refractivity contribution in [3.05, 3.63) is 0 Å². The molecule has 0 aromatic rings.